The minimum Gasteiger partial charge on any atom is -0.463 e. The van der Waals surface area contributed by atoms with E-state index in [0.717, 1.165) is 22.3 Å². The number of carbonyl (C=O) groups excluding carboxylic acids is 1. The molecule has 0 fully saturated rings. The van der Waals surface area contributed by atoms with Gasteiger partial charge in [-0.15, -0.1) is 0 Å². The Morgan fingerprint density at radius 1 is 0.805 bits per heavy atom. The molecule has 206 valence electrons. The van der Waals surface area contributed by atoms with Crippen molar-refractivity contribution in [1.29, 1.82) is 0 Å². The second kappa shape index (κ2) is 12.2. The average Bonchev–Trinajstić information content (AvgIpc) is 3.38. The third kappa shape index (κ3) is 5.93. The van der Waals surface area contributed by atoms with Crippen LogP contribution in [0.2, 0.25) is 0 Å². The van der Waals surface area contributed by atoms with E-state index in [1.54, 1.807) is 43.3 Å². The number of hydrogen-bond donors (Lipinski definition) is 0. The quantitative estimate of drug-likeness (QED) is 0.217. The lowest BCUT2D eigenvalue weighted by atomic mass is 9.96. The fraction of sp³-hybridized carbons (Fsp3) is 0.114. The minimum absolute atomic E-state index is 0.137. The Balaban J connectivity index is 1.82. The van der Waals surface area contributed by atoms with Crippen molar-refractivity contribution in [3.63, 3.8) is 0 Å². The highest BCUT2D eigenvalue weighted by Crippen LogP contribution is 2.41. The van der Waals surface area contributed by atoms with Gasteiger partial charge in [-0.05, 0) is 48.7 Å². The summed E-state index contributed by atoms with van der Waals surface area (Å²) in [5.74, 6) is -0.560. The summed E-state index contributed by atoms with van der Waals surface area (Å²) >= 11 is 0. The number of allylic oxidation sites excluding steroid dienone is 1. The van der Waals surface area contributed by atoms with Gasteiger partial charge in [0, 0.05) is 5.57 Å². The normalized spacial score (nSPS) is 15.2. The first-order chi connectivity index (χ1) is 19.9. The number of carbonyl (C=O) groups is 1. The van der Waals surface area contributed by atoms with Crippen molar-refractivity contribution in [2.45, 2.75) is 24.8 Å². The fourth-order valence-electron chi connectivity index (χ4n) is 4.87. The number of rotatable bonds is 8. The predicted molar refractivity (Wildman–Crippen MR) is 163 cm³/mol. The summed E-state index contributed by atoms with van der Waals surface area (Å²) in [6.07, 6.45) is 5.26. The molecule has 0 saturated heterocycles. The smallest absolute Gasteiger partial charge is 0.336 e. The van der Waals surface area contributed by atoms with Crippen LogP contribution in [0.3, 0.4) is 0 Å². The topological polar surface area (TPSA) is 63.7 Å². The van der Waals surface area contributed by atoms with Gasteiger partial charge in [0.15, 0.2) is 0 Å². The van der Waals surface area contributed by atoms with E-state index in [4.69, 9.17) is 4.74 Å². The molecule has 4 aromatic carbocycles. The average molecular weight is 562 g/mol. The van der Waals surface area contributed by atoms with Gasteiger partial charge in [-0.25, -0.2) is 13.2 Å². The van der Waals surface area contributed by atoms with E-state index in [0.29, 0.717) is 11.3 Å². The van der Waals surface area contributed by atoms with Crippen LogP contribution in [-0.2, 0) is 19.6 Å². The fourth-order valence-corrected chi connectivity index (χ4v) is 6.46. The first-order valence-corrected chi connectivity index (χ1v) is 14.9. The first-order valence-electron chi connectivity index (χ1n) is 13.5. The molecule has 0 saturated carbocycles. The lowest BCUT2D eigenvalue weighted by Gasteiger charge is -2.29. The van der Waals surface area contributed by atoms with E-state index in [1.807, 2.05) is 104 Å². The predicted octanol–water partition coefficient (Wildman–Crippen LogP) is 7.03. The van der Waals surface area contributed by atoms with Crippen molar-refractivity contribution >= 4 is 27.6 Å². The largest absolute Gasteiger partial charge is 0.463 e. The highest BCUT2D eigenvalue weighted by Gasteiger charge is 2.42. The van der Waals surface area contributed by atoms with Crippen LogP contribution in [0.4, 0.5) is 0 Å². The first kappa shape index (κ1) is 27.9. The monoisotopic (exact) mass is 561 g/mol. The van der Waals surface area contributed by atoms with E-state index < -0.39 is 22.0 Å². The highest BCUT2D eigenvalue weighted by atomic mass is 32.2. The zero-order chi connectivity index (χ0) is 28.8. The molecule has 5 nitrogen and oxygen atoms in total. The van der Waals surface area contributed by atoms with E-state index in [-0.39, 0.29) is 17.1 Å². The number of benzene rings is 4. The summed E-state index contributed by atoms with van der Waals surface area (Å²) in [5.41, 5.74) is 4.81. The van der Waals surface area contributed by atoms with Crippen molar-refractivity contribution in [3.8, 4) is 0 Å². The van der Waals surface area contributed by atoms with Crippen LogP contribution in [0.1, 0.15) is 29.2 Å². The Kier molecular flexibility index (Phi) is 8.31. The van der Waals surface area contributed by atoms with Crippen LogP contribution in [0, 0.1) is 6.92 Å². The van der Waals surface area contributed by atoms with Crippen LogP contribution >= 0.6 is 0 Å². The highest BCUT2D eigenvalue weighted by molar-refractivity contribution is 7.89. The van der Waals surface area contributed by atoms with Crippen molar-refractivity contribution in [1.82, 2.24) is 4.31 Å². The Morgan fingerprint density at radius 3 is 1.88 bits per heavy atom. The second-order valence-corrected chi connectivity index (χ2v) is 11.5. The van der Waals surface area contributed by atoms with Gasteiger partial charge in [0.05, 0.1) is 28.8 Å². The van der Waals surface area contributed by atoms with Gasteiger partial charge in [0.1, 0.15) is 0 Å². The van der Waals surface area contributed by atoms with E-state index in [2.05, 4.69) is 0 Å². The number of aryl methyl sites for hydroxylation is 1. The van der Waals surface area contributed by atoms with Gasteiger partial charge in [0.2, 0.25) is 0 Å². The zero-order valence-electron chi connectivity index (χ0n) is 23.0. The van der Waals surface area contributed by atoms with Crippen LogP contribution in [0.15, 0.2) is 144 Å². The van der Waals surface area contributed by atoms with Crippen molar-refractivity contribution in [2.24, 2.45) is 0 Å². The summed E-state index contributed by atoms with van der Waals surface area (Å²) < 4.78 is 35.9. The maximum Gasteiger partial charge on any atom is 0.336 e. The molecule has 0 aromatic heterocycles. The summed E-state index contributed by atoms with van der Waals surface area (Å²) in [4.78, 5) is 13.5. The third-order valence-electron chi connectivity index (χ3n) is 6.84. The maximum atomic E-state index is 14.5. The molecule has 0 N–H and O–H groups in total. The SMILES string of the molecule is CCOC(=O)C1=CC(=C(c2ccccc2)c2ccccc2)N(S(=O)(=O)c2ccc(C)cc2)C1/C=C/c1ccccc1. The molecule has 0 amide bonds. The number of nitrogens with zero attached hydrogens (tertiary/aromatic N) is 1. The number of sulfonamides is 1. The molecule has 6 heteroatoms. The van der Waals surface area contributed by atoms with Gasteiger partial charge < -0.3 is 4.74 Å². The number of hydrogen-bond acceptors (Lipinski definition) is 4. The minimum atomic E-state index is -4.14. The van der Waals surface area contributed by atoms with Crippen LogP contribution in [-0.4, -0.2) is 31.3 Å². The Bertz CT molecular complexity index is 1670. The van der Waals surface area contributed by atoms with Gasteiger partial charge in [-0.1, -0.05) is 121 Å². The van der Waals surface area contributed by atoms with Crippen LogP contribution in [0.5, 0.6) is 0 Å². The molecule has 1 unspecified atom stereocenters. The summed E-state index contributed by atoms with van der Waals surface area (Å²) in [6, 6.07) is 34.6. The molecule has 0 radical (unpaired) electrons. The Hall–Kier alpha value is -4.68. The Morgan fingerprint density at radius 2 is 1.34 bits per heavy atom. The van der Waals surface area contributed by atoms with Crippen LogP contribution < -0.4 is 0 Å². The second-order valence-electron chi connectivity index (χ2n) is 9.64. The molecular formula is C35H31NO4S. The molecule has 41 heavy (non-hydrogen) atoms. The molecule has 5 rings (SSSR count). The lowest BCUT2D eigenvalue weighted by molar-refractivity contribution is -0.138. The number of esters is 1. The third-order valence-corrected chi connectivity index (χ3v) is 8.65. The van der Waals surface area contributed by atoms with Crippen molar-refractivity contribution in [3.05, 3.63) is 161 Å². The van der Waals surface area contributed by atoms with E-state index in [9.17, 15) is 13.2 Å². The molecule has 1 aliphatic rings. The molecule has 0 bridgehead atoms. The molecular weight excluding hydrogens is 530 g/mol. The molecule has 0 aliphatic carbocycles. The molecule has 1 atom stereocenters. The molecule has 4 aromatic rings. The molecule has 0 spiro atoms. The number of ether oxygens (including phenoxy) is 1. The molecule has 1 heterocycles. The standard InChI is InChI=1S/C35H31NO4S/c1-3-40-35(37)31-25-33(34(28-15-9-5-10-16-28)29-17-11-6-12-18-29)36(32(31)24-21-27-13-7-4-8-14-27)41(38,39)30-22-19-26(2)20-23-30/h4-25,32H,3H2,1-2H3/b24-21+. The van der Waals surface area contributed by atoms with Crippen LogP contribution in [0.25, 0.3) is 11.6 Å². The lowest BCUT2D eigenvalue weighted by Crippen LogP contribution is -2.37. The van der Waals surface area contributed by atoms with Gasteiger partial charge in [0.25, 0.3) is 10.0 Å². The van der Waals surface area contributed by atoms with Gasteiger partial charge >= 0.3 is 5.97 Å². The summed E-state index contributed by atoms with van der Waals surface area (Å²) in [7, 11) is -4.14. The summed E-state index contributed by atoms with van der Waals surface area (Å²) in [5, 5.41) is 0. The van der Waals surface area contributed by atoms with Gasteiger partial charge in [-0.2, -0.15) is 0 Å². The van der Waals surface area contributed by atoms with Gasteiger partial charge in [-0.3, -0.25) is 4.31 Å². The Labute approximate surface area is 241 Å². The van der Waals surface area contributed by atoms with Crippen molar-refractivity contribution < 1.29 is 17.9 Å². The summed E-state index contributed by atoms with van der Waals surface area (Å²) in [6.45, 7) is 3.81. The zero-order valence-corrected chi connectivity index (χ0v) is 23.8. The van der Waals surface area contributed by atoms with E-state index in [1.165, 1.54) is 4.31 Å². The van der Waals surface area contributed by atoms with E-state index >= 15 is 0 Å². The van der Waals surface area contributed by atoms with Crippen molar-refractivity contribution in [2.75, 3.05) is 6.61 Å². The maximum absolute atomic E-state index is 14.5. The molecule has 1 aliphatic heterocycles.